The van der Waals surface area contributed by atoms with Crippen molar-refractivity contribution in [3.05, 3.63) is 65.2 Å². The van der Waals surface area contributed by atoms with E-state index in [1.165, 1.54) is 5.56 Å². The van der Waals surface area contributed by atoms with Crippen molar-refractivity contribution >= 4 is 11.7 Å². The van der Waals surface area contributed by atoms with E-state index in [0.29, 0.717) is 0 Å². The number of rotatable bonds is 4. The number of likely N-dealkylation sites (tertiary alicyclic amines) is 1. The zero-order valence-corrected chi connectivity index (χ0v) is 15.1. The maximum atomic E-state index is 12.3. The number of nitrogens with one attached hydrogen (secondary N) is 2. The van der Waals surface area contributed by atoms with Crippen LogP contribution in [0.3, 0.4) is 0 Å². The van der Waals surface area contributed by atoms with Crippen molar-refractivity contribution in [3.63, 3.8) is 0 Å². The summed E-state index contributed by atoms with van der Waals surface area (Å²) < 4.78 is 0. The highest BCUT2D eigenvalue weighted by Crippen LogP contribution is 2.17. The number of carbonyl (C=O) groups is 1. The van der Waals surface area contributed by atoms with E-state index in [-0.39, 0.29) is 12.1 Å². The molecule has 4 heteroatoms. The van der Waals surface area contributed by atoms with E-state index in [4.69, 9.17) is 0 Å². The fourth-order valence-corrected chi connectivity index (χ4v) is 3.29. The molecule has 1 fully saturated rings. The average molecular weight is 337 g/mol. The number of urea groups is 1. The van der Waals surface area contributed by atoms with Crippen LogP contribution in [0.5, 0.6) is 0 Å². The lowest BCUT2D eigenvalue weighted by Crippen LogP contribution is -2.45. The second-order valence-corrected chi connectivity index (χ2v) is 6.95. The summed E-state index contributed by atoms with van der Waals surface area (Å²) in [5.74, 6) is 0. The van der Waals surface area contributed by atoms with Gasteiger partial charge in [-0.05, 0) is 49.4 Å². The first-order valence-electron chi connectivity index (χ1n) is 9.01. The Morgan fingerprint density at radius 3 is 2.52 bits per heavy atom. The number of benzene rings is 2. The Bertz CT molecular complexity index is 706. The predicted octanol–water partition coefficient (Wildman–Crippen LogP) is 4.09. The van der Waals surface area contributed by atoms with Crippen LogP contribution >= 0.6 is 0 Å². The van der Waals surface area contributed by atoms with E-state index < -0.39 is 0 Å². The molecule has 3 rings (SSSR count). The van der Waals surface area contributed by atoms with E-state index in [9.17, 15) is 4.79 Å². The molecule has 0 bridgehead atoms. The van der Waals surface area contributed by atoms with E-state index in [2.05, 4.69) is 45.9 Å². The van der Waals surface area contributed by atoms with Crippen LogP contribution in [0.15, 0.2) is 48.5 Å². The van der Waals surface area contributed by atoms with Crippen molar-refractivity contribution in [3.8, 4) is 0 Å². The van der Waals surface area contributed by atoms with Crippen LogP contribution in [0.4, 0.5) is 10.5 Å². The molecule has 1 saturated heterocycles. The molecule has 25 heavy (non-hydrogen) atoms. The van der Waals surface area contributed by atoms with Crippen LogP contribution in [-0.2, 0) is 6.54 Å². The number of amides is 2. The SMILES string of the molecule is Cc1ccc(C)c(NC(=O)NC2CCN(Cc3ccccc3)CC2)c1. The molecule has 0 atom stereocenters. The van der Waals surface area contributed by atoms with Gasteiger partial charge >= 0.3 is 6.03 Å². The molecule has 1 aliphatic heterocycles. The van der Waals surface area contributed by atoms with Crippen LogP contribution < -0.4 is 10.6 Å². The van der Waals surface area contributed by atoms with Gasteiger partial charge in [-0.15, -0.1) is 0 Å². The minimum Gasteiger partial charge on any atom is -0.335 e. The number of carbonyl (C=O) groups excluding carboxylic acids is 1. The molecule has 2 aromatic carbocycles. The van der Waals surface area contributed by atoms with Crippen molar-refractivity contribution in [2.24, 2.45) is 0 Å². The molecule has 0 saturated carbocycles. The maximum absolute atomic E-state index is 12.3. The van der Waals surface area contributed by atoms with Crippen molar-refractivity contribution in [2.45, 2.75) is 39.3 Å². The Morgan fingerprint density at radius 1 is 1.08 bits per heavy atom. The molecule has 0 radical (unpaired) electrons. The lowest BCUT2D eigenvalue weighted by molar-refractivity contribution is 0.190. The molecule has 0 aromatic heterocycles. The van der Waals surface area contributed by atoms with Crippen LogP contribution in [0.2, 0.25) is 0 Å². The van der Waals surface area contributed by atoms with Crippen molar-refractivity contribution in [1.82, 2.24) is 10.2 Å². The fraction of sp³-hybridized carbons (Fsp3) is 0.381. The van der Waals surface area contributed by atoms with Gasteiger partial charge in [0.15, 0.2) is 0 Å². The van der Waals surface area contributed by atoms with E-state index in [0.717, 1.165) is 49.3 Å². The first-order chi connectivity index (χ1) is 12.1. The van der Waals surface area contributed by atoms with E-state index >= 15 is 0 Å². The van der Waals surface area contributed by atoms with Gasteiger partial charge in [0.05, 0.1) is 0 Å². The third-order valence-electron chi connectivity index (χ3n) is 4.81. The van der Waals surface area contributed by atoms with Crippen molar-refractivity contribution in [1.29, 1.82) is 0 Å². The summed E-state index contributed by atoms with van der Waals surface area (Å²) in [6.45, 7) is 7.07. The number of nitrogens with zero attached hydrogens (tertiary/aromatic N) is 1. The number of piperidine rings is 1. The summed E-state index contributed by atoms with van der Waals surface area (Å²) >= 11 is 0. The Balaban J connectivity index is 1.45. The lowest BCUT2D eigenvalue weighted by atomic mass is 10.0. The van der Waals surface area contributed by atoms with Gasteiger partial charge in [0.1, 0.15) is 0 Å². The number of hydrogen-bond donors (Lipinski definition) is 2. The van der Waals surface area contributed by atoms with E-state index in [1.54, 1.807) is 0 Å². The highest BCUT2D eigenvalue weighted by molar-refractivity contribution is 5.90. The van der Waals surface area contributed by atoms with Gasteiger partial charge in [-0.25, -0.2) is 4.79 Å². The second kappa shape index (κ2) is 8.17. The fourth-order valence-electron chi connectivity index (χ4n) is 3.29. The summed E-state index contributed by atoms with van der Waals surface area (Å²) in [6, 6.07) is 16.8. The third-order valence-corrected chi connectivity index (χ3v) is 4.81. The molecule has 2 N–H and O–H groups in total. The predicted molar refractivity (Wildman–Crippen MR) is 103 cm³/mol. The number of anilines is 1. The van der Waals surface area contributed by atoms with Gasteiger partial charge < -0.3 is 10.6 Å². The first-order valence-corrected chi connectivity index (χ1v) is 9.01. The Hall–Kier alpha value is -2.33. The summed E-state index contributed by atoms with van der Waals surface area (Å²) in [5.41, 5.74) is 4.47. The number of hydrogen-bond acceptors (Lipinski definition) is 2. The van der Waals surface area contributed by atoms with Crippen molar-refractivity contribution in [2.75, 3.05) is 18.4 Å². The standard InChI is InChI=1S/C21H27N3O/c1-16-8-9-17(2)20(14-16)23-21(25)22-19-10-12-24(13-11-19)15-18-6-4-3-5-7-18/h3-9,14,19H,10-13,15H2,1-2H3,(H2,22,23,25). The minimum atomic E-state index is -0.102. The van der Waals surface area contributed by atoms with Gasteiger partial charge in [0, 0.05) is 31.4 Å². The topological polar surface area (TPSA) is 44.4 Å². The molecule has 0 unspecified atom stereocenters. The summed E-state index contributed by atoms with van der Waals surface area (Å²) in [4.78, 5) is 14.7. The molecule has 1 aliphatic rings. The Morgan fingerprint density at radius 2 is 1.80 bits per heavy atom. The van der Waals surface area contributed by atoms with Crippen LogP contribution in [-0.4, -0.2) is 30.1 Å². The third kappa shape index (κ3) is 5.07. The summed E-state index contributed by atoms with van der Waals surface area (Å²) in [5, 5.41) is 6.11. The molecule has 0 spiro atoms. The second-order valence-electron chi connectivity index (χ2n) is 6.95. The highest BCUT2D eigenvalue weighted by atomic mass is 16.2. The van der Waals surface area contributed by atoms with Crippen LogP contribution in [0.25, 0.3) is 0 Å². The van der Waals surface area contributed by atoms with Crippen LogP contribution in [0.1, 0.15) is 29.5 Å². The molecule has 2 aromatic rings. The molecule has 1 heterocycles. The normalized spacial score (nSPS) is 15.8. The first kappa shape index (κ1) is 17.5. The quantitative estimate of drug-likeness (QED) is 0.882. The molecule has 132 valence electrons. The molecule has 4 nitrogen and oxygen atoms in total. The average Bonchev–Trinajstić information content (AvgIpc) is 2.61. The van der Waals surface area contributed by atoms with Crippen molar-refractivity contribution < 1.29 is 4.79 Å². The zero-order chi connectivity index (χ0) is 17.6. The Kier molecular flexibility index (Phi) is 5.71. The summed E-state index contributed by atoms with van der Waals surface area (Å²) in [6.07, 6.45) is 1.99. The Labute approximate surface area is 150 Å². The van der Waals surface area contributed by atoms with Gasteiger partial charge in [-0.1, -0.05) is 42.5 Å². The highest BCUT2D eigenvalue weighted by Gasteiger charge is 2.20. The van der Waals surface area contributed by atoms with Gasteiger partial charge in [0.2, 0.25) is 0 Å². The minimum absolute atomic E-state index is 0.102. The van der Waals surface area contributed by atoms with Gasteiger partial charge in [0.25, 0.3) is 0 Å². The maximum Gasteiger partial charge on any atom is 0.319 e. The number of aryl methyl sites for hydroxylation is 2. The zero-order valence-electron chi connectivity index (χ0n) is 15.1. The molecular weight excluding hydrogens is 310 g/mol. The molecule has 2 amide bonds. The molecular formula is C21H27N3O. The summed E-state index contributed by atoms with van der Waals surface area (Å²) in [7, 11) is 0. The van der Waals surface area contributed by atoms with Gasteiger partial charge in [-0.3, -0.25) is 4.90 Å². The lowest BCUT2D eigenvalue weighted by Gasteiger charge is -2.32. The smallest absolute Gasteiger partial charge is 0.319 e. The van der Waals surface area contributed by atoms with Crippen LogP contribution in [0, 0.1) is 13.8 Å². The largest absolute Gasteiger partial charge is 0.335 e. The van der Waals surface area contributed by atoms with E-state index in [1.807, 2.05) is 32.0 Å². The van der Waals surface area contributed by atoms with Gasteiger partial charge in [-0.2, -0.15) is 0 Å². The monoisotopic (exact) mass is 337 g/mol. The molecule has 0 aliphatic carbocycles.